The molecule has 0 radical (unpaired) electrons. The molecule has 1 heteroatoms. The Morgan fingerprint density at radius 2 is 0.880 bits per heavy atom. The third kappa shape index (κ3) is 2.22. The second kappa shape index (κ2) is 5.63. The molecule has 0 amide bonds. The number of hydrogen-bond acceptors (Lipinski definition) is 0. The van der Waals surface area contributed by atoms with Crippen molar-refractivity contribution in [1.29, 1.82) is 0 Å². The molecule has 25 heavy (non-hydrogen) atoms. The Bertz CT molecular complexity index is 908. The summed E-state index contributed by atoms with van der Waals surface area (Å²) in [5.41, 5.74) is 13.9. The largest absolute Gasteiger partial charge is 0.243 e. The van der Waals surface area contributed by atoms with E-state index in [9.17, 15) is 0 Å². The number of hydrogen-bond donors (Lipinski definition) is 0. The molecule has 2 aliphatic rings. The van der Waals surface area contributed by atoms with Crippen molar-refractivity contribution in [1.82, 2.24) is 0 Å². The maximum absolute atomic E-state index is 2.37. The smallest absolute Gasteiger partial charge is 0.0626 e. The van der Waals surface area contributed by atoms with Gasteiger partial charge >= 0.3 is 0 Å². The molecule has 0 nitrogen and oxygen atoms in total. The zero-order valence-corrected chi connectivity index (χ0v) is 15.1. The number of aryl methyl sites for hydroxylation is 6. The average Bonchev–Trinajstić information content (AvgIpc) is 2.89. The summed E-state index contributed by atoms with van der Waals surface area (Å²) < 4.78 is 0. The fraction of sp³-hybridized carbons (Fsp3) is 0.250. The highest BCUT2D eigenvalue weighted by Crippen LogP contribution is 2.21. The molecule has 0 aliphatic carbocycles. The summed E-state index contributed by atoms with van der Waals surface area (Å²) in [6.45, 7) is 5.01. The molecule has 3 aromatic rings. The van der Waals surface area contributed by atoms with Crippen LogP contribution in [0.5, 0.6) is 0 Å². The molecular weight excluding hydrogens is 299 g/mol. The van der Waals surface area contributed by atoms with Crippen LogP contribution in [0.2, 0.25) is 0 Å². The molecule has 5 rings (SSSR count). The minimum Gasteiger partial charge on any atom is -0.0626 e. The van der Waals surface area contributed by atoms with Gasteiger partial charge in [-0.1, -0.05) is 104 Å². The van der Waals surface area contributed by atoms with E-state index in [2.05, 4.69) is 68.4 Å². The summed E-state index contributed by atoms with van der Waals surface area (Å²) in [6.07, 6.45) is 4.64. The standard InChI is InChI=1S/C24H23B/c1-16-6-3-8-18-12-14-20-10-5-11-21-15-13-19-9-4-7-17(2)23(19)25(22(16)18)24(20)21/h3-11H,12-15H2,1-2H3. The molecule has 122 valence electrons. The van der Waals surface area contributed by atoms with E-state index in [1.165, 1.54) is 11.1 Å². The Kier molecular flexibility index (Phi) is 3.38. The van der Waals surface area contributed by atoms with Crippen LogP contribution in [-0.4, -0.2) is 6.71 Å². The van der Waals surface area contributed by atoms with Crippen LogP contribution in [0, 0.1) is 13.8 Å². The maximum Gasteiger partial charge on any atom is 0.243 e. The summed E-state index contributed by atoms with van der Waals surface area (Å²) in [6, 6.07) is 20.8. The first-order valence-electron chi connectivity index (χ1n) is 9.51. The predicted molar refractivity (Wildman–Crippen MR) is 108 cm³/mol. The molecule has 0 atom stereocenters. The topological polar surface area (TPSA) is 0 Å². The van der Waals surface area contributed by atoms with Crippen molar-refractivity contribution in [3.05, 3.63) is 88.0 Å². The Morgan fingerprint density at radius 1 is 0.520 bits per heavy atom. The van der Waals surface area contributed by atoms with E-state index < -0.39 is 0 Å². The third-order valence-corrected chi connectivity index (χ3v) is 6.31. The van der Waals surface area contributed by atoms with Crippen LogP contribution in [0.4, 0.5) is 0 Å². The molecule has 0 N–H and O–H groups in total. The van der Waals surface area contributed by atoms with Crippen LogP contribution in [0.25, 0.3) is 0 Å². The molecule has 2 heterocycles. The van der Waals surface area contributed by atoms with Crippen molar-refractivity contribution in [2.24, 2.45) is 0 Å². The van der Waals surface area contributed by atoms with E-state index in [1.807, 2.05) is 0 Å². The summed E-state index contributed by atoms with van der Waals surface area (Å²) >= 11 is 0. The Balaban J connectivity index is 1.93. The monoisotopic (exact) mass is 322 g/mol. The second-order valence-corrected chi connectivity index (χ2v) is 7.72. The van der Waals surface area contributed by atoms with Gasteiger partial charge in [-0.25, -0.2) is 0 Å². The normalized spacial score (nSPS) is 14.9. The Morgan fingerprint density at radius 3 is 1.32 bits per heavy atom. The van der Waals surface area contributed by atoms with Crippen LogP contribution in [-0.2, 0) is 25.7 Å². The minimum atomic E-state index is 0.406. The molecule has 0 fully saturated rings. The molecule has 0 aromatic heterocycles. The third-order valence-electron chi connectivity index (χ3n) is 6.31. The summed E-state index contributed by atoms with van der Waals surface area (Å²) in [7, 11) is 0. The Labute approximate surface area is 151 Å². The lowest BCUT2D eigenvalue weighted by Gasteiger charge is -2.23. The average molecular weight is 322 g/mol. The molecule has 0 spiro atoms. The van der Waals surface area contributed by atoms with Crippen LogP contribution in [0.15, 0.2) is 54.6 Å². The summed E-state index contributed by atoms with van der Waals surface area (Å²) in [5.74, 6) is 0. The van der Waals surface area contributed by atoms with Crippen molar-refractivity contribution < 1.29 is 0 Å². The molecule has 0 saturated heterocycles. The number of benzene rings is 3. The van der Waals surface area contributed by atoms with Gasteiger partial charge in [0, 0.05) is 0 Å². The summed E-state index contributed by atoms with van der Waals surface area (Å²) in [5, 5.41) is 0. The van der Waals surface area contributed by atoms with Gasteiger partial charge in [0.05, 0.1) is 0 Å². The first-order valence-corrected chi connectivity index (χ1v) is 9.51. The molecule has 0 unspecified atom stereocenters. The van der Waals surface area contributed by atoms with Crippen LogP contribution >= 0.6 is 0 Å². The quantitative estimate of drug-likeness (QED) is 0.558. The van der Waals surface area contributed by atoms with Gasteiger partial charge in [0.15, 0.2) is 0 Å². The van der Waals surface area contributed by atoms with Gasteiger partial charge in [-0.2, -0.15) is 0 Å². The first kappa shape index (κ1) is 15.0. The molecule has 0 saturated carbocycles. The van der Waals surface area contributed by atoms with Gasteiger partial charge in [0.25, 0.3) is 0 Å². The van der Waals surface area contributed by atoms with E-state index in [1.54, 1.807) is 38.6 Å². The van der Waals surface area contributed by atoms with Crippen LogP contribution in [0.3, 0.4) is 0 Å². The van der Waals surface area contributed by atoms with E-state index in [0.29, 0.717) is 6.71 Å². The van der Waals surface area contributed by atoms with Gasteiger partial charge in [-0.3, -0.25) is 0 Å². The fourth-order valence-corrected chi connectivity index (χ4v) is 5.19. The lowest BCUT2D eigenvalue weighted by atomic mass is 9.34. The van der Waals surface area contributed by atoms with Crippen molar-refractivity contribution in [2.75, 3.05) is 0 Å². The zero-order valence-electron chi connectivity index (χ0n) is 15.1. The van der Waals surface area contributed by atoms with Gasteiger partial charge in [0.1, 0.15) is 0 Å². The van der Waals surface area contributed by atoms with Crippen LogP contribution in [0.1, 0.15) is 33.4 Å². The highest BCUT2D eigenvalue weighted by atomic mass is 14.2. The van der Waals surface area contributed by atoms with Crippen LogP contribution < -0.4 is 16.4 Å². The molecule has 2 aliphatic heterocycles. The lowest BCUT2D eigenvalue weighted by Crippen LogP contribution is -2.56. The van der Waals surface area contributed by atoms with E-state index in [-0.39, 0.29) is 0 Å². The molecule has 3 aromatic carbocycles. The minimum absolute atomic E-state index is 0.406. The van der Waals surface area contributed by atoms with E-state index >= 15 is 0 Å². The van der Waals surface area contributed by atoms with Crippen molar-refractivity contribution in [2.45, 2.75) is 39.5 Å². The summed E-state index contributed by atoms with van der Waals surface area (Å²) in [4.78, 5) is 0. The van der Waals surface area contributed by atoms with Crippen molar-refractivity contribution in [3.8, 4) is 0 Å². The van der Waals surface area contributed by atoms with Gasteiger partial charge in [-0.05, 0) is 39.5 Å². The number of rotatable bonds is 0. The first-order chi connectivity index (χ1) is 12.2. The van der Waals surface area contributed by atoms with Crippen molar-refractivity contribution >= 4 is 23.1 Å². The highest BCUT2D eigenvalue weighted by molar-refractivity contribution is 6.97. The van der Waals surface area contributed by atoms with Gasteiger partial charge < -0.3 is 0 Å². The number of fused-ring (bicyclic) bond motifs is 4. The maximum atomic E-state index is 2.37. The zero-order chi connectivity index (χ0) is 17.0. The van der Waals surface area contributed by atoms with E-state index in [0.717, 1.165) is 25.7 Å². The lowest BCUT2D eigenvalue weighted by molar-refractivity contribution is 0.952. The molecule has 0 bridgehead atoms. The van der Waals surface area contributed by atoms with Gasteiger partial charge in [-0.15, -0.1) is 0 Å². The van der Waals surface area contributed by atoms with Gasteiger partial charge in [0.2, 0.25) is 6.71 Å². The highest BCUT2D eigenvalue weighted by Gasteiger charge is 2.35. The SMILES string of the molecule is Cc1cccc2c1B1c3c(C)cccc3CCc3cccc(c31)CC2. The second-order valence-electron chi connectivity index (χ2n) is 7.72. The molecular formula is C24H23B. The van der Waals surface area contributed by atoms with E-state index in [4.69, 9.17) is 0 Å². The Hall–Kier alpha value is -2.28. The van der Waals surface area contributed by atoms with Crippen molar-refractivity contribution in [3.63, 3.8) is 0 Å². The fourth-order valence-electron chi connectivity index (χ4n) is 5.19. The predicted octanol–water partition coefficient (Wildman–Crippen LogP) is 3.02.